The maximum atomic E-state index is 13.8. The van der Waals surface area contributed by atoms with E-state index in [1.807, 2.05) is 0 Å². The fourth-order valence-electron chi connectivity index (χ4n) is 1.64. The van der Waals surface area contributed by atoms with Gasteiger partial charge in [0.05, 0.1) is 10.6 Å². The molecule has 2 rings (SSSR count). The van der Waals surface area contributed by atoms with Gasteiger partial charge in [0.1, 0.15) is 23.2 Å². The van der Waals surface area contributed by atoms with Crippen molar-refractivity contribution in [3.63, 3.8) is 0 Å². The predicted molar refractivity (Wildman–Crippen MR) is 85.8 cm³/mol. The molecule has 0 fully saturated rings. The van der Waals surface area contributed by atoms with E-state index in [0.29, 0.717) is 16.9 Å². The van der Waals surface area contributed by atoms with Gasteiger partial charge in [-0.15, -0.1) is 0 Å². The summed E-state index contributed by atoms with van der Waals surface area (Å²) in [5, 5.41) is 0.0662. The minimum atomic E-state index is -0.483. The first-order chi connectivity index (χ1) is 9.49. The molecule has 0 aliphatic carbocycles. The summed E-state index contributed by atoms with van der Waals surface area (Å²) in [5.41, 5.74) is 6.61. The predicted octanol–water partition coefficient (Wildman–Crippen LogP) is 4.45. The Hall–Kier alpha value is -1.17. The Morgan fingerprint density at radius 1 is 1.35 bits per heavy atom. The molecule has 0 atom stereocenters. The van der Waals surface area contributed by atoms with Crippen molar-refractivity contribution in [3.8, 4) is 5.75 Å². The van der Waals surface area contributed by atoms with Crippen LogP contribution in [0, 0.1) is 5.82 Å². The molecule has 0 amide bonds. The van der Waals surface area contributed by atoms with Crippen molar-refractivity contribution < 1.29 is 9.13 Å². The van der Waals surface area contributed by atoms with Crippen LogP contribution >= 0.6 is 39.7 Å². The lowest BCUT2D eigenvalue weighted by Gasteiger charge is -2.12. The van der Waals surface area contributed by atoms with Crippen LogP contribution in [0.5, 0.6) is 5.75 Å². The molecular weight excluding hydrogens is 365 g/mol. The van der Waals surface area contributed by atoms with E-state index in [1.54, 1.807) is 30.3 Å². The zero-order chi connectivity index (χ0) is 14.7. The van der Waals surface area contributed by atoms with Crippen molar-refractivity contribution in [1.29, 1.82) is 0 Å². The summed E-state index contributed by atoms with van der Waals surface area (Å²) in [7, 11) is 0. The molecule has 0 aliphatic rings. The van der Waals surface area contributed by atoms with Crippen LogP contribution < -0.4 is 10.5 Å². The van der Waals surface area contributed by atoms with Gasteiger partial charge in [0.2, 0.25) is 0 Å². The standard InChI is InChI=1S/C14H10BrClFNOS/c15-9-4-5-12(10(6-9)14(18)20)19-7-8-2-1-3-11(16)13(8)17/h1-6H,7H2,(H2,18,20). The van der Waals surface area contributed by atoms with Gasteiger partial charge in [-0.3, -0.25) is 0 Å². The molecule has 20 heavy (non-hydrogen) atoms. The Morgan fingerprint density at radius 2 is 2.10 bits per heavy atom. The molecule has 0 bridgehead atoms. The molecule has 0 saturated carbocycles. The Labute approximate surface area is 134 Å². The lowest BCUT2D eigenvalue weighted by Crippen LogP contribution is -2.12. The monoisotopic (exact) mass is 373 g/mol. The van der Waals surface area contributed by atoms with Gasteiger partial charge in [-0.25, -0.2) is 4.39 Å². The van der Waals surface area contributed by atoms with Gasteiger partial charge in [0, 0.05) is 10.0 Å². The third-order valence-electron chi connectivity index (χ3n) is 2.62. The molecule has 2 aromatic rings. The summed E-state index contributed by atoms with van der Waals surface area (Å²) in [6, 6.07) is 10.0. The number of ether oxygens (including phenoxy) is 1. The van der Waals surface area contributed by atoms with Crippen LogP contribution in [0.25, 0.3) is 0 Å². The van der Waals surface area contributed by atoms with Crippen molar-refractivity contribution >= 4 is 44.7 Å². The first-order valence-corrected chi connectivity index (χ1v) is 7.22. The maximum Gasteiger partial charge on any atom is 0.148 e. The average Bonchev–Trinajstić information content (AvgIpc) is 2.41. The third kappa shape index (κ3) is 3.48. The van der Waals surface area contributed by atoms with Crippen molar-refractivity contribution in [3.05, 3.63) is 62.8 Å². The zero-order valence-corrected chi connectivity index (χ0v) is 13.4. The lowest BCUT2D eigenvalue weighted by atomic mass is 10.2. The molecule has 2 nitrogen and oxygen atoms in total. The van der Waals surface area contributed by atoms with Gasteiger partial charge in [0.15, 0.2) is 0 Å². The van der Waals surface area contributed by atoms with Crippen LogP contribution in [-0.2, 0) is 6.61 Å². The van der Waals surface area contributed by atoms with Crippen LogP contribution in [0.4, 0.5) is 4.39 Å². The van der Waals surface area contributed by atoms with E-state index < -0.39 is 5.82 Å². The number of hydrogen-bond acceptors (Lipinski definition) is 2. The third-order valence-corrected chi connectivity index (χ3v) is 3.63. The summed E-state index contributed by atoms with van der Waals surface area (Å²) in [4.78, 5) is 0.216. The number of benzene rings is 2. The van der Waals surface area contributed by atoms with Crippen molar-refractivity contribution in [2.75, 3.05) is 0 Å². The smallest absolute Gasteiger partial charge is 0.148 e. The molecule has 0 saturated heterocycles. The summed E-state index contributed by atoms with van der Waals surface area (Å²) >= 11 is 14.0. The molecule has 6 heteroatoms. The normalized spacial score (nSPS) is 10.3. The second-order valence-corrected chi connectivity index (χ2v) is 5.77. The Balaban J connectivity index is 2.23. The van der Waals surface area contributed by atoms with E-state index in [9.17, 15) is 4.39 Å². The SMILES string of the molecule is NC(=S)c1cc(Br)ccc1OCc1cccc(Cl)c1F. The fraction of sp³-hybridized carbons (Fsp3) is 0.0714. The highest BCUT2D eigenvalue weighted by molar-refractivity contribution is 9.10. The quantitative estimate of drug-likeness (QED) is 0.803. The van der Waals surface area contributed by atoms with E-state index in [2.05, 4.69) is 15.9 Å². The molecule has 2 aromatic carbocycles. The summed E-state index contributed by atoms with van der Waals surface area (Å²) in [6.07, 6.45) is 0. The Morgan fingerprint density at radius 3 is 2.80 bits per heavy atom. The molecule has 0 unspecified atom stereocenters. The Bertz CT molecular complexity index is 666. The maximum absolute atomic E-state index is 13.8. The second-order valence-electron chi connectivity index (χ2n) is 4.01. The molecule has 2 N–H and O–H groups in total. The summed E-state index contributed by atoms with van der Waals surface area (Å²) < 4.78 is 20.2. The zero-order valence-electron chi connectivity index (χ0n) is 10.2. The molecule has 0 heterocycles. The van der Waals surface area contributed by atoms with Crippen molar-refractivity contribution in [2.45, 2.75) is 6.61 Å². The highest BCUT2D eigenvalue weighted by Crippen LogP contribution is 2.25. The topological polar surface area (TPSA) is 35.2 Å². The summed E-state index contributed by atoms with van der Waals surface area (Å²) in [5.74, 6) is 0.0169. The van der Waals surface area contributed by atoms with Crippen LogP contribution in [0.3, 0.4) is 0 Å². The minimum absolute atomic E-state index is 0.0453. The first-order valence-electron chi connectivity index (χ1n) is 5.64. The van der Waals surface area contributed by atoms with E-state index in [1.165, 1.54) is 6.07 Å². The van der Waals surface area contributed by atoms with E-state index >= 15 is 0 Å². The van der Waals surface area contributed by atoms with Gasteiger partial charge in [0.25, 0.3) is 0 Å². The number of rotatable bonds is 4. The van der Waals surface area contributed by atoms with Crippen molar-refractivity contribution in [1.82, 2.24) is 0 Å². The van der Waals surface area contributed by atoms with Gasteiger partial charge in [-0.1, -0.05) is 51.9 Å². The molecule has 0 aliphatic heterocycles. The number of halogens is 3. The minimum Gasteiger partial charge on any atom is -0.488 e. The largest absolute Gasteiger partial charge is 0.488 e. The lowest BCUT2D eigenvalue weighted by molar-refractivity contribution is 0.299. The number of thiocarbonyl (C=S) groups is 1. The number of hydrogen-bond donors (Lipinski definition) is 1. The van der Waals surface area contributed by atoms with Crippen molar-refractivity contribution in [2.24, 2.45) is 5.73 Å². The first kappa shape index (κ1) is 15.2. The molecule has 0 aromatic heterocycles. The average molecular weight is 375 g/mol. The van der Waals surface area contributed by atoms with E-state index in [4.69, 9.17) is 34.3 Å². The highest BCUT2D eigenvalue weighted by Gasteiger charge is 2.10. The molecule has 0 spiro atoms. The van der Waals surface area contributed by atoms with E-state index in [-0.39, 0.29) is 16.6 Å². The van der Waals surface area contributed by atoms with Crippen LogP contribution in [-0.4, -0.2) is 4.99 Å². The van der Waals surface area contributed by atoms with Gasteiger partial charge >= 0.3 is 0 Å². The fourth-order valence-corrected chi connectivity index (χ4v) is 2.35. The van der Waals surface area contributed by atoms with Gasteiger partial charge in [-0.05, 0) is 24.3 Å². The van der Waals surface area contributed by atoms with Crippen LogP contribution in [0.2, 0.25) is 5.02 Å². The van der Waals surface area contributed by atoms with E-state index in [0.717, 1.165) is 4.47 Å². The molecule has 104 valence electrons. The highest BCUT2D eigenvalue weighted by atomic mass is 79.9. The second kappa shape index (κ2) is 6.52. The molecular formula is C14H10BrClFNOS. The summed E-state index contributed by atoms with van der Waals surface area (Å²) in [6.45, 7) is 0.0453. The molecule has 0 radical (unpaired) electrons. The van der Waals surface area contributed by atoms with Crippen LogP contribution in [0.15, 0.2) is 40.9 Å². The van der Waals surface area contributed by atoms with Gasteiger partial charge in [-0.2, -0.15) is 0 Å². The van der Waals surface area contributed by atoms with Crippen LogP contribution in [0.1, 0.15) is 11.1 Å². The van der Waals surface area contributed by atoms with Gasteiger partial charge < -0.3 is 10.5 Å². The number of nitrogens with two attached hydrogens (primary N) is 1. The Kier molecular flexibility index (Phi) is 4.96.